The van der Waals surface area contributed by atoms with Crippen molar-refractivity contribution in [2.24, 2.45) is 46.3 Å². The molecule has 0 aromatic carbocycles. The van der Waals surface area contributed by atoms with Gasteiger partial charge in [-0.1, -0.05) is 97.8 Å². The summed E-state index contributed by atoms with van der Waals surface area (Å²) in [6, 6.07) is 0. The Bertz CT molecular complexity index is 1520. The number of esters is 2. The van der Waals surface area contributed by atoms with Gasteiger partial charge in [0.15, 0.2) is 0 Å². The summed E-state index contributed by atoms with van der Waals surface area (Å²) in [7, 11) is 2.10. The molecule has 4 aliphatic carbocycles. The van der Waals surface area contributed by atoms with Crippen molar-refractivity contribution in [2.45, 2.75) is 163 Å². The number of unbranched alkanes of at least 4 members (excludes halogenated alkanes) is 3. The highest BCUT2D eigenvalue weighted by molar-refractivity contribution is 6.99. The Hall–Kier alpha value is -2.26. The molecule has 6 rings (SSSR count). The van der Waals surface area contributed by atoms with Gasteiger partial charge in [0, 0.05) is 18.4 Å². The van der Waals surface area contributed by atoms with Crippen molar-refractivity contribution in [3.8, 4) is 5.88 Å². The lowest BCUT2D eigenvalue weighted by molar-refractivity contribution is -0.919. The number of nitrogens with zero attached hydrogens (tertiary/aromatic N) is 3. The third-order valence-electron chi connectivity index (χ3n) is 15.2. The van der Waals surface area contributed by atoms with Gasteiger partial charge in [-0.25, -0.2) is 0 Å². The van der Waals surface area contributed by atoms with Crippen molar-refractivity contribution < 1.29 is 28.3 Å². The number of carbonyl (C=O) groups excluding carboxylic acids is 2. The fourth-order valence-corrected chi connectivity index (χ4v) is 12.6. The van der Waals surface area contributed by atoms with Gasteiger partial charge in [0.2, 0.25) is 6.73 Å². The van der Waals surface area contributed by atoms with Crippen LogP contribution in [0, 0.1) is 46.3 Å². The molecular formula is C46H74N3O5S+. The molecule has 0 saturated heterocycles. The van der Waals surface area contributed by atoms with E-state index >= 15 is 0 Å². The molecule has 0 bridgehead atoms. The lowest BCUT2D eigenvalue weighted by Crippen LogP contribution is -2.51. The van der Waals surface area contributed by atoms with Crippen LogP contribution in [-0.4, -0.2) is 64.7 Å². The molecule has 3 saturated carbocycles. The Morgan fingerprint density at radius 3 is 2.56 bits per heavy atom. The highest BCUT2D eigenvalue weighted by Gasteiger charge is 2.59. The lowest BCUT2D eigenvalue weighted by Gasteiger charge is -2.58. The van der Waals surface area contributed by atoms with Gasteiger partial charge in [0.1, 0.15) is 18.3 Å². The number of ether oxygens (including phenoxy) is 3. The number of allylic oxidation sites excluding steroid dienone is 1. The van der Waals surface area contributed by atoms with Crippen molar-refractivity contribution in [3.05, 3.63) is 23.4 Å². The van der Waals surface area contributed by atoms with Gasteiger partial charge in [-0.3, -0.25) is 14.1 Å². The van der Waals surface area contributed by atoms with Crippen LogP contribution in [0.15, 0.2) is 17.7 Å². The summed E-state index contributed by atoms with van der Waals surface area (Å²) in [5.74, 6) is 4.88. The molecule has 5 aliphatic rings. The zero-order valence-corrected chi connectivity index (χ0v) is 36.4. The van der Waals surface area contributed by atoms with Crippen molar-refractivity contribution in [3.63, 3.8) is 0 Å². The minimum Gasteiger partial charge on any atom is -0.475 e. The number of hydrogen-bond acceptors (Lipinski definition) is 8. The number of aromatic nitrogens is 2. The molecule has 1 aromatic rings. The summed E-state index contributed by atoms with van der Waals surface area (Å²) in [4.78, 5) is 25.9. The normalized spacial score (nSPS) is 33.5. The van der Waals surface area contributed by atoms with Crippen LogP contribution < -0.4 is 4.74 Å². The first-order valence-corrected chi connectivity index (χ1v) is 23.1. The zero-order valence-electron chi connectivity index (χ0n) is 35.5. The minimum atomic E-state index is -0.348. The topological polar surface area (TPSA) is 87.6 Å². The second kappa shape index (κ2) is 18.6. The Morgan fingerprint density at radius 1 is 0.945 bits per heavy atom. The number of quaternary nitrogens is 1. The van der Waals surface area contributed by atoms with E-state index in [9.17, 15) is 9.59 Å². The van der Waals surface area contributed by atoms with E-state index in [2.05, 4.69) is 69.5 Å². The second-order valence-electron chi connectivity index (χ2n) is 19.6. The van der Waals surface area contributed by atoms with Crippen LogP contribution in [0.25, 0.3) is 5.57 Å². The molecule has 1 unspecified atom stereocenters. The summed E-state index contributed by atoms with van der Waals surface area (Å²) in [5, 5.41) is 0. The maximum atomic E-state index is 13.0. The van der Waals surface area contributed by atoms with Gasteiger partial charge in [0.25, 0.3) is 5.88 Å². The molecule has 308 valence electrons. The van der Waals surface area contributed by atoms with Crippen LogP contribution in [0.5, 0.6) is 5.88 Å². The molecule has 0 amide bonds. The zero-order chi connectivity index (χ0) is 39.2. The van der Waals surface area contributed by atoms with E-state index < -0.39 is 0 Å². The standard InChI is InChI=1S/C46H74N3O5S/c1-8-9-10-11-28-52-44-43(47-55-48-44)34-16-13-27-49(7,30-34)31-53-41(50)21-22-42(51)54-36-23-25-45(5)35(29-36)17-18-37-39-20-19-38(33(4)15-12-14-32(2)3)46(39,6)26-24-40(37)45/h16-17,32-33,36-40H,8-15,18-31H2,1-7H3/q+1/t33-,36+,37+,38-,39+,40+,45+,46-,49?/m1/s1. The summed E-state index contributed by atoms with van der Waals surface area (Å²) in [6.07, 6.45) is 24.0. The van der Waals surface area contributed by atoms with Crippen LogP contribution in [0.3, 0.4) is 0 Å². The summed E-state index contributed by atoms with van der Waals surface area (Å²) in [5.41, 5.74) is 4.15. The van der Waals surface area contributed by atoms with Crippen LogP contribution in [0.4, 0.5) is 0 Å². The van der Waals surface area contributed by atoms with Crippen molar-refractivity contribution >= 4 is 29.2 Å². The van der Waals surface area contributed by atoms with E-state index in [-0.39, 0.29) is 43.0 Å². The Labute approximate surface area is 337 Å². The molecule has 9 heteroatoms. The summed E-state index contributed by atoms with van der Waals surface area (Å²) >= 11 is 1.18. The molecule has 1 aliphatic heterocycles. The van der Waals surface area contributed by atoms with E-state index in [1.165, 1.54) is 81.5 Å². The second-order valence-corrected chi connectivity index (χ2v) is 20.2. The average Bonchev–Trinajstić information content (AvgIpc) is 3.77. The largest absolute Gasteiger partial charge is 0.475 e. The Balaban J connectivity index is 0.936. The highest BCUT2D eigenvalue weighted by atomic mass is 32.1. The minimum absolute atomic E-state index is 0.0436. The molecule has 55 heavy (non-hydrogen) atoms. The molecule has 0 spiro atoms. The number of hydrogen-bond donors (Lipinski definition) is 0. The molecule has 8 nitrogen and oxygen atoms in total. The fraction of sp³-hybridized carbons (Fsp3) is 0.826. The number of rotatable bonds is 18. The van der Waals surface area contributed by atoms with Crippen LogP contribution in [0.1, 0.15) is 163 Å². The first-order valence-electron chi connectivity index (χ1n) is 22.4. The molecular weight excluding hydrogens is 707 g/mol. The Kier molecular flexibility index (Phi) is 14.3. The molecule has 0 N–H and O–H groups in total. The fourth-order valence-electron chi connectivity index (χ4n) is 12.1. The number of fused-ring (bicyclic) bond motifs is 5. The first-order chi connectivity index (χ1) is 26.3. The van der Waals surface area contributed by atoms with E-state index in [4.69, 9.17) is 14.2 Å². The summed E-state index contributed by atoms with van der Waals surface area (Å²) in [6.45, 7) is 17.1. The van der Waals surface area contributed by atoms with Crippen molar-refractivity contribution in [1.82, 2.24) is 8.75 Å². The maximum Gasteiger partial charge on any atom is 0.310 e. The van der Waals surface area contributed by atoms with Gasteiger partial charge in [-0.05, 0) is 97.7 Å². The highest BCUT2D eigenvalue weighted by Crippen LogP contribution is 2.67. The molecule has 2 heterocycles. The van der Waals surface area contributed by atoms with Gasteiger partial charge in [0.05, 0.1) is 44.8 Å². The quantitative estimate of drug-likeness (QED) is 0.0634. The van der Waals surface area contributed by atoms with Gasteiger partial charge < -0.3 is 14.2 Å². The van der Waals surface area contributed by atoms with Crippen LogP contribution in [-0.2, 0) is 19.1 Å². The smallest absolute Gasteiger partial charge is 0.310 e. The SMILES string of the molecule is CCCCCCOc1nsnc1C1=CCC[N+](C)(COC(=O)CCC(=O)O[C@H]2CC[C@@]3(C)C(=CC[C@H]4[C@@H]5CC[C@H]([C@H](C)CCCC(C)C)[C@@]5(C)CC[C@@H]43)C2)C1. The monoisotopic (exact) mass is 781 g/mol. The van der Waals surface area contributed by atoms with Crippen molar-refractivity contribution in [2.75, 3.05) is 33.5 Å². The predicted molar refractivity (Wildman–Crippen MR) is 221 cm³/mol. The van der Waals surface area contributed by atoms with Gasteiger partial charge in [-0.15, -0.1) is 4.37 Å². The third kappa shape index (κ3) is 9.89. The molecule has 9 atom stereocenters. The van der Waals surface area contributed by atoms with Crippen LogP contribution >= 0.6 is 11.7 Å². The predicted octanol–water partition coefficient (Wildman–Crippen LogP) is 11.0. The lowest BCUT2D eigenvalue weighted by atomic mass is 9.47. The Morgan fingerprint density at radius 2 is 1.76 bits per heavy atom. The number of carbonyl (C=O) groups is 2. The molecule has 1 aromatic heterocycles. The molecule has 0 radical (unpaired) electrons. The number of likely N-dealkylation sites (N-methyl/N-ethyl adjacent to an activating group) is 1. The first kappa shape index (κ1) is 42.3. The average molecular weight is 781 g/mol. The third-order valence-corrected chi connectivity index (χ3v) is 15.8. The maximum absolute atomic E-state index is 13.0. The van der Waals surface area contributed by atoms with Crippen LogP contribution in [0.2, 0.25) is 0 Å². The van der Waals surface area contributed by atoms with Crippen molar-refractivity contribution in [1.29, 1.82) is 0 Å². The van der Waals surface area contributed by atoms with Gasteiger partial charge in [-0.2, -0.15) is 4.37 Å². The van der Waals surface area contributed by atoms with E-state index in [1.807, 2.05) is 0 Å². The van der Waals surface area contributed by atoms with Gasteiger partial charge >= 0.3 is 11.9 Å². The van der Waals surface area contributed by atoms with E-state index in [1.54, 1.807) is 0 Å². The van der Waals surface area contributed by atoms with E-state index in [0.29, 0.717) is 28.9 Å². The van der Waals surface area contributed by atoms with E-state index in [0.717, 1.165) is 91.8 Å². The summed E-state index contributed by atoms with van der Waals surface area (Å²) < 4.78 is 27.3. The molecule has 3 fully saturated rings.